The number of pyridine rings is 1. The number of hydrogen-bond acceptors (Lipinski definition) is 9. The number of halogens is 1. The lowest BCUT2D eigenvalue weighted by molar-refractivity contribution is 0.0958. The zero-order valence-corrected chi connectivity index (χ0v) is 23.4. The molecule has 0 atom stereocenters. The highest BCUT2D eigenvalue weighted by atomic mass is 35.5. The number of rotatable bonds is 5. The molecule has 15 heteroatoms. The maximum absolute atomic E-state index is 11.9. The molecule has 2 aromatic carbocycles. The number of hydrogen-bond donors (Lipinski definition) is 4. The lowest BCUT2D eigenvalue weighted by Gasteiger charge is -2.11. The number of nitrogens with one attached hydrogen (secondary N) is 2. The molecule has 2 heterocycles. The van der Waals surface area contributed by atoms with Crippen LogP contribution in [0.15, 0.2) is 66.9 Å². The molecule has 4 aromatic rings. The van der Waals surface area contributed by atoms with Crippen LogP contribution in [0.2, 0.25) is 5.02 Å². The van der Waals surface area contributed by atoms with Crippen molar-refractivity contribution in [1.29, 1.82) is 0 Å². The minimum absolute atomic E-state index is 0.217. The summed E-state index contributed by atoms with van der Waals surface area (Å²) in [5, 5.41) is 17.4. The van der Waals surface area contributed by atoms with Gasteiger partial charge in [-0.05, 0) is 42.0 Å². The Bertz CT molecular complexity index is 1600. The van der Waals surface area contributed by atoms with Crippen molar-refractivity contribution >= 4 is 60.0 Å². The highest BCUT2D eigenvalue weighted by Crippen LogP contribution is 2.27. The van der Waals surface area contributed by atoms with Crippen LogP contribution < -0.4 is 10.6 Å². The van der Waals surface area contributed by atoms with Crippen LogP contribution in [0.5, 0.6) is 0 Å². The molecule has 39 heavy (non-hydrogen) atoms. The van der Waals surface area contributed by atoms with Gasteiger partial charge in [-0.15, -0.1) is 5.10 Å². The Morgan fingerprint density at radius 3 is 2.03 bits per heavy atom. The largest absolute Gasteiger partial charge is 0.354 e. The highest BCUT2D eigenvalue weighted by molar-refractivity contribution is 7.85. The first kappa shape index (κ1) is 31.5. The fraction of sp³-hybridized carbons (Fsp3) is 0.167. The Balaban J connectivity index is 0.000000458. The Morgan fingerprint density at radius 1 is 0.897 bits per heavy atom. The van der Waals surface area contributed by atoms with Gasteiger partial charge in [0.2, 0.25) is 0 Å². The minimum Gasteiger partial charge on any atom is -0.354 e. The molecule has 0 fully saturated rings. The first-order valence-electron chi connectivity index (χ1n) is 10.9. The van der Waals surface area contributed by atoms with Crippen molar-refractivity contribution in [3.8, 4) is 0 Å². The third kappa shape index (κ3) is 12.1. The molecule has 0 aliphatic rings. The fourth-order valence-corrected chi connectivity index (χ4v) is 3.21. The average molecular weight is 596 g/mol. The lowest BCUT2D eigenvalue weighted by Crippen LogP contribution is -2.19. The number of nitrogens with zero attached hydrogens (tertiary/aromatic N) is 3. The van der Waals surface area contributed by atoms with Crippen LogP contribution in [-0.4, -0.2) is 66.6 Å². The molecule has 12 nitrogen and oxygen atoms in total. The second-order valence-corrected chi connectivity index (χ2v) is 11.3. The molecular formula is C24H26ClN5O7S2. The van der Waals surface area contributed by atoms with Crippen LogP contribution in [0.25, 0.3) is 10.8 Å². The molecule has 4 N–H and O–H groups in total. The van der Waals surface area contributed by atoms with Gasteiger partial charge in [0.25, 0.3) is 26.1 Å². The highest BCUT2D eigenvalue weighted by Gasteiger charge is 2.12. The van der Waals surface area contributed by atoms with Crippen molar-refractivity contribution in [2.45, 2.75) is 6.42 Å². The predicted octanol–water partition coefficient (Wildman–Crippen LogP) is 3.38. The topological polar surface area (TPSA) is 189 Å². The first-order chi connectivity index (χ1) is 18.1. The van der Waals surface area contributed by atoms with E-state index < -0.39 is 20.2 Å². The van der Waals surface area contributed by atoms with Crippen molar-refractivity contribution in [2.75, 3.05) is 24.9 Å². The monoisotopic (exact) mass is 595 g/mol. The van der Waals surface area contributed by atoms with Gasteiger partial charge >= 0.3 is 0 Å². The summed E-state index contributed by atoms with van der Waals surface area (Å²) < 4.78 is 51.7. The van der Waals surface area contributed by atoms with Crippen LogP contribution in [0.3, 0.4) is 0 Å². The van der Waals surface area contributed by atoms with E-state index in [1.54, 1.807) is 19.3 Å². The van der Waals surface area contributed by atoms with Crippen LogP contribution >= 0.6 is 11.6 Å². The summed E-state index contributed by atoms with van der Waals surface area (Å²) in [5.74, 6) is 0.456. The van der Waals surface area contributed by atoms with Crippen molar-refractivity contribution in [2.24, 2.45) is 0 Å². The van der Waals surface area contributed by atoms with Gasteiger partial charge in [-0.3, -0.25) is 18.9 Å². The van der Waals surface area contributed by atoms with Gasteiger partial charge in [-0.1, -0.05) is 35.9 Å². The quantitative estimate of drug-likeness (QED) is 0.247. The Morgan fingerprint density at radius 2 is 1.46 bits per heavy atom. The number of carbonyl (C=O) groups is 1. The summed E-state index contributed by atoms with van der Waals surface area (Å²) in [6.45, 7) is 0. The van der Waals surface area contributed by atoms with E-state index >= 15 is 0 Å². The molecule has 0 unspecified atom stereocenters. The first-order valence-corrected chi connectivity index (χ1v) is 15.0. The van der Waals surface area contributed by atoms with Gasteiger partial charge in [-0.25, -0.2) is 0 Å². The molecule has 0 radical (unpaired) electrons. The van der Waals surface area contributed by atoms with Crippen LogP contribution in [0, 0.1) is 0 Å². The van der Waals surface area contributed by atoms with E-state index in [1.807, 2.05) is 54.6 Å². The van der Waals surface area contributed by atoms with Crippen LogP contribution in [0.1, 0.15) is 21.7 Å². The van der Waals surface area contributed by atoms with Crippen molar-refractivity contribution < 1.29 is 30.7 Å². The van der Waals surface area contributed by atoms with E-state index in [2.05, 4.69) is 25.8 Å². The number of benzene rings is 2. The Kier molecular flexibility index (Phi) is 11.2. The van der Waals surface area contributed by atoms with E-state index in [0.717, 1.165) is 27.7 Å². The van der Waals surface area contributed by atoms with Gasteiger partial charge in [-0.2, -0.15) is 21.9 Å². The Hall–Kier alpha value is -3.69. The maximum Gasteiger partial charge on any atom is 0.269 e. The maximum atomic E-state index is 11.9. The Labute approximate surface area is 231 Å². The standard InChI is InChI=1S/C22H18ClN5O.2CH4O3S/c1-24-22(29)20-13-14(10-11-25-20)12-19-17-4-2-3-5-18(17)21(28-27-19)26-16-8-6-15(23)7-9-16;2*1-5(2,3)4/h2-11,13H,12H2,1H3,(H,24,29)(H,26,28);2*1H3,(H,2,3,4). The van der Waals surface area contributed by atoms with Crippen LogP contribution in [0.4, 0.5) is 11.5 Å². The molecule has 0 saturated heterocycles. The van der Waals surface area contributed by atoms with Gasteiger partial charge in [0.15, 0.2) is 5.82 Å². The summed E-state index contributed by atoms with van der Waals surface area (Å²) in [7, 11) is -5.75. The molecule has 0 spiro atoms. The molecule has 1 amide bonds. The minimum atomic E-state index is -3.67. The predicted molar refractivity (Wildman–Crippen MR) is 150 cm³/mol. The fourth-order valence-electron chi connectivity index (χ4n) is 3.08. The average Bonchev–Trinajstić information content (AvgIpc) is 2.84. The second-order valence-electron chi connectivity index (χ2n) is 7.94. The number of amides is 1. The van der Waals surface area contributed by atoms with Gasteiger partial charge in [0.1, 0.15) is 5.69 Å². The summed E-state index contributed by atoms with van der Waals surface area (Å²) in [6, 6.07) is 19.1. The third-order valence-corrected chi connectivity index (χ3v) is 4.78. The molecule has 208 valence electrons. The smallest absolute Gasteiger partial charge is 0.269 e. The molecule has 4 rings (SSSR count). The van der Waals surface area contributed by atoms with E-state index in [9.17, 15) is 21.6 Å². The lowest BCUT2D eigenvalue weighted by atomic mass is 10.0. The van der Waals surface area contributed by atoms with Crippen molar-refractivity contribution in [3.05, 3.63) is 88.8 Å². The molecular weight excluding hydrogens is 570 g/mol. The summed E-state index contributed by atoms with van der Waals surface area (Å²) in [5.41, 5.74) is 3.03. The number of fused-ring (bicyclic) bond motifs is 1. The van der Waals surface area contributed by atoms with Crippen LogP contribution in [-0.2, 0) is 26.7 Å². The molecule has 0 aliphatic carbocycles. The summed E-state index contributed by atoms with van der Waals surface area (Å²) in [6.07, 6.45) is 3.60. The molecule has 0 bridgehead atoms. The number of carbonyl (C=O) groups excluding carboxylic acids is 1. The van der Waals surface area contributed by atoms with Gasteiger partial charge in [0.05, 0.1) is 18.2 Å². The number of aromatic nitrogens is 3. The zero-order chi connectivity index (χ0) is 29.2. The molecule has 0 aliphatic heterocycles. The van der Waals surface area contributed by atoms with E-state index in [0.29, 0.717) is 35.5 Å². The zero-order valence-electron chi connectivity index (χ0n) is 21.0. The third-order valence-electron chi connectivity index (χ3n) is 4.53. The summed E-state index contributed by atoms with van der Waals surface area (Å²) >= 11 is 5.96. The summed E-state index contributed by atoms with van der Waals surface area (Å²) in [4.78, 5) is 16.0. The second kappa shape index (κ2) is 13.9. The van der Waals surface area contributed by atoms with Gasteiger partial charge in [0, 0.05) is 41.1 Å². The van der Waals surface area contributed by atoms with Crippen molar-refractivity contribution in [1.82, 2.24) is 20.5 Å². The van der Waals surface area contributed by atoms with E-state index in [1.165, 1.54) is 0 Å². The van der Waals surface area contributed by atoms with Gasteiger partial charge < -0.3 is 10.6 Å². The van der Waals surface area contributed by atoms with E-state index in [4.69, 9.17) is 20.7 Å². The number of anilines is 2. The SMILES string of the molecule is CNC(=O)c1cc(Cc2nnc(Nc3ccc(Cl)cc3)c3ccccc23)ccn1.CS(=O)(=O)O.CS(=O)(=O)O. The molecule has 2 aromatic heterocycles. The van der Waals surface area contributed by atoms with E-state index in [-0.39, 0.29) is 5.91 Å². The van der Waals surface area contributed by atoms with Crippen molar-refractivity contribution in [3.63, 3.8) is 0 Å². The normalized spacial score (nSPS) is 10.9. The molecule has 0 saturated carbocycles.